The number of ketones is 1. The Morgan fingerprint density at radius 3 is 2.40 bits per heavy atom. The highest BCUT2D eigenvalue weighted by atomic mass is 16.5. The predicted octanol–water partition coefficient (Wildman–Crippen LogP) is 3.17. The summed E-state index contributed by atoms with van der Waals surface area (Å²) in [6.45, 7) is 2.56. The minimum atomic E-state index is -0.759. The molecule has 1 aliphatic rings. The Morgan fingerprint density at radius 2 is 1.80 bits per heavy atom. The smallest absolute Gasteiger partial charge is 0.295 e. The van der Waals surface area contributed by atoms with Crippen LogP contribution in [0.15, 0.2) is 48.0 Å². The summed E-state index contributed by atoms with van der Waals surface area (Å²) in [5.41, 5.74) is 1.85. The van der Waals surface area contributed by atoms with Gasteiger partial charge in [-0.2, -0.15) is 0 Å². The minimum Gasteiger partial charge on any atom is -0.508 e. The molecule has 2 N–H and O–H groups in total. The molecule has 30 heavy (non-hydrogen) atoms. The van der Waals surface area contributed by atoms with Crippen LogP contribution in [0.2, 0.25) is 0 Å². The number of hydrogen-bond donors (Lipinski definition) is 2. The largest absolute Gasteiger partial charge is 0.508 e. The first-order valence-corrected chi connectivity index (χ1v) is 9.60. The summed E-state index contributed by atoms with van der Waals surface area (Å²) in [4.78, 5) is 27.1. The summed E-state index contributed by atoms with van der Waals surface area (Å²) >= 11 is 0. The number of phenolic OH excluding ortho intramolecular Hbond substituents is 1. The number of ether oxygens (including phenoxy) is 2. The van der Waals surface area contributed by atoms with Gasteiger partial charge in [0.05, 0.1) is 18.7 Å². The number of rotatable bonds is 7. The van der Waals surface area contributed by atoms with Crippen LogP contribution in [0.1, 0.15) is 29.2 Å². The average molecular weight is 411 g/mol. The summed E-state index contributed by atoms with van der Waals surface area (Å²) in [5.74, 6) is -0.929. The molecule has 1 aliphatic heterocycles. The molecule has 0 unspecified atom stereocenters. The Labute approximate surface area is 175 Å². The van der Waals surface area contributed by atoms with Crippen LogP contribution >= 0.6 is 0 Å². The molecular weight excluding hydrogens is 386 g/mol. The molecule has 7 nitrogen and oxygen atoms in total. The molecule has 0 aromatic heterocycles. The third-order valence-corrected chi connectivity index (χ3v) is 5.16. The van der Waals surface area contributed by atoms with Crippen LogP contribution in [0, 0.1) is 6.92 Å². The van der Waals surface area contributed by atoms with E-state index in [1.807, 2.05) is 6.92 Å². The van der Waals surface area contributed by atoms with Crippen LogP contribution in [0.4, 0.5) is 0 Å². The zero-order valence-corrected chi connectivity index (χ0v) is 17.2. The predicted molar refractivity (Wildman–Crippen MR) is 111 cm³/mol. The normalized spacial score (nSPS) is 18.1. The van der Waals surface area contributed by atoms with Gasteiger partial charge in [-0.15, -0.1) is 0 Å². The number of likely N-dealkylation sites (tertiary alicyclic amines) is 1. The zero-order chi connectivity index (χ0) is 21.8. The molecule has 0 saturated carbocycles. The van der Waals surface area contributed by atoms with Crippen LogP contribution in [-0.4, -0.2) is 54.2 Å². The van der Waals surface area contributed by atoms with E-state index in [4.69, 9.17) is 9.47 Å². The maximum atomic E-state index is 12.9. The Hall–Kier alpha value is -3.32. The van der Waals surface area contributed by atoms with Crippen molar-refractivity contribution in [1.29, 1.82) is 0 Å². The number of Topliss-reactive ketones (excluding diaryl/α,β-unsaturated/α-hetero) is 1. The van der Waals surface area contributed by atoms with Gasteiger partial charge in [-0.1, -0.05) is 12.1 Å². The van der Waals surface area contributed by atoms with Crippen LogP contribution in [0.25, 0.3) is 5.76 Å². The van der Waals surface area contributed by atoms with E-state index in [0.717, 1.165) is 5.56 Å². The number of carbonyl (C=O) groups is 2. The molecule has 1 saturated heterocycles. The molecule has 1 fully saturated rings. The Bertz CT molecular complexity index is 980. The topological polar surface area (TPSA) is 96.3 Å². The fourth-order valence-electron chi connectivity index (χ4n) is 3.67. The standard InChI is InChI=1S/C23H25NO6/c1-14-13-16(7-10-18(14)30-3)21(26)19-20(15-5-8-17(25)9-6-15)24(11-4-12-29-2)23(28)22(19)27/h5-10,13,20,25-26H,4,11-12H2,1-3H3/t20-/m0/s1. The van der Waals surface area contributed by atoms with Gasteiger partial charge >= 0.3 is 0 Å². The maximum Gasteiger partial charge on any atom is 0.295 e. The van der Waals surface area contributed by atoms with Gasteiger partial charge in [-0.3, -0.25) is 9.59 Å². The van der Waals surface area contributed by atoms with Gasteiger partial charge in [-0.25, -0.2) is 0 Å². The van der Waals surface area contributed by atoms with Gasteiger partial charge in [0.2, 0.25) is 0 Å². The molecule has 1 heterocycles. The summed E-state index contributed by atoms with van der Waals surface area (Å²) in [5, 5.41) is 20.7. The van der Waals surface area contributed by atoms with Crippen molar-refractivity contribution in [3.05, 3.63) is 64.7 Å². The molecule has 1 amide bonds. The monoisotopic (exact) mass is 411 g/mol. The third kappa shape index (κ3) is 4.02. The second kappa shape index (κ2) is 9.00. The Kier molecular flexibility index (Phi) is 6.42. The van der Waals surface area contributed by atoms with Crippen molar-refractivity contribution >= 4 is 17.4 Å². The van der Waals surface area contributed by atoms with Gasteiger partial charge in [0, 0.05) is 25.8 Å². The lowest BCUT2D eigenvalue weighted by Gasteiger charge is -2.25. The fourth-order valence-corrected chi connectivity index (χ4v) is 3.67. The van der Waals surface area contributed by atoms with E-state index >= 15 is 0 Å². The van der Waals surface area contributed by atoms with Crippen LogP contribution < -0.4 is 4.74 Å². The molecule has 0 spiro atoms. The second-order valence-electron chi connectivity index (χ2n) is 7.11. The second-order valence-corrected chi connectivity index (χ2v) is 7.11. The minimum absolute atomic E-state index is 0.0210. The SMILES string of the molecule is COCCCN1C(=O)C(=O)C(=C(O)c2ccc(OC)c(C)c2)[C@@H]1c1ccc(O)cc1. The van der Waals surface area contributed by atoms with Crippen molar-refractivity contribution in [1.82, 2.24) is 4.90 Å². The quantitative estimate of drug-likeness (QED) is 0.314. The highest BCUT2D eigenvalue weighted by molar-refractivity contribution is 6.46. The lowest BCUT2D eigenvalue weighted by Crippen LogP contribution is -2.31. The van der Waals surface area contributed by atoms with Crippen LogP contribution in [0.5, 0.6) is 11.5 Å². The van der Waals surface area contributed by atoms with Gasteiger partial charge in [0.25, 0.3) is 11.7 Å². The van der Waals surface area contributed by atoms with E-state index in [9.17, 15) is 19.8 Å². The molecule has 1 atom stereocenters. The molecule has 2 aromatic rings. The molecule has 158 valence electrons. The highest BCUT2D eigenvalue weighted by Gasteiger charge is 2.45. The molecular formula is C23H25NO6. The molecule has 7 heteroatoms. The maximum absolute atomic E-state index is 12.9. The first-order chi connectivity index (χ1) is 14.4. The lowest BCUT2D eigenvalue weighted by molar-refractivity contribution is -0.140. The number of aryl methyl sites for hydroxylation is 1. The van der Waals surface area contributed by atoms with Crippen molar-refractivity contribution in [3.63, 3.8) is 0 Å². The van der Waals surface area contributed by atoms with Gasteiger partial charge in [-0.05, 0) is 54.8 Å². The van der Waals surface area contributed by atoms with Gasteiger partial charge < -0.3 is 24.6 Å². The van der Waals surface area contributed by atoms with E-state index in [0.29, 0.717) is 36.4 Å². The lowest BCUT2D eigenvalue weighted by atomic mass is 9.94. The van der Waals surface area contributed by atoms with E-state index in [1.54, 1.807) is 44.6 Å². The summed E-state index contributed by atoms with van der Waals surface area (Å²) in [7, 11) is 3.12. The molecule has 3 rings (SSSR count). The van der Waals surface area contributed by atoms with E-state index in [-0.39, 0.29) is 17.1 Å². The molecule has 0 radical (unpaired) electrons. The van der Waals surface area contributed by atoms with Gasteiger partial charge in [0.15, 0.2) is 0 Å². The van der Waals surface area contributed by atoms with Gasteiger partial charge in [0.1, 0.15) is 17.3 Å². The Balaban J connectivity index is 2.12. The Morgan fingerprint density at radius 1 is 1.10 bits per heavy atom. The number of hydrogen-bond acceptors (Lipinski definition) is 6. The molecule has 2 aromatic carbocycles. The highest BCUT2D eigenvalue weighted by Crippen LogP contribution is 2.40. The number of amides is 1. The van der Waals surface area contributed by atoms with Crippen molar-refractivity contribution in [2.45, 2.75) is 19.4 Å². The molecule has 0 bridgehead atoms. The first-order valence-electron chi connectivity index (χ1n) is 9.60. The number of aliphatic hydroxyl groups is 1. The number of aliphatic hydroxyl groups excluding tert-OH is 1. The van der Waals surface area contributed by atoms with Crippen LogP contribution in [-0.2, 0) is 14.3 Å². The number of carbonyl (C=O) groups excluding carboxylic acids is 2. The van der Waals surface area contributed by atoms with E-state index in [1.165, 1.54) is 17.0 Å². The third-order valence-electron chi connectivity index (χ3n) is 5.16. The number of methoxy groups -OCH3 is 2. The number of phenols is 1. The number of aromatic hydroxyl groups is 1. The van der Waals surface area contributed by atoms with E-state index in [2.05, 4.69) is 0 Å². The van der Waals surface area contributed by atoms with Crippen molar-refractivity contribution in [2.75, 3.05) is 27.4 Å². The molecule has 0 aliphatic carbocycles. The first kappa shape index (κ1) is 21.4. The van der Waals surface area contributed by atoms with Crippen LogP contribution in [0.3, 0.4) is 0 Å². The summed E-state index contributed by atoms with van der Waals surface area (Å²) in [6, 6.07) is 10.6. The average Bonchev–Trinajstić information content (AvgIpc) is 2.99. The summed E-state index contributed by atoms with van der Waals surface area (Å²) in [6.07, 6.45) is 0.541. The van der Waals surface area contributed by atoms with E-state index < -0.39 is 17.7 Å². The van der Waals surface area contributed by atoms with Crippen molar-refractivity contribution in [3.8, 4) is 11.5 Å². The van der Waals surface area contributed by atoms with Crippen molar-refractivity contribution < 1.29 is 29.3 Å². The number of benzene rings is 2. The zero-order valence-electron chi connectivity index (χ0n) is 17.2. The van der Waals surface area contributed by atoms with Crippen molar-refractivity contribution in [2.24, 2.45) is 0 Å². The number of nitrogens with zero attached hydrogens (tertiary/aromatic N) is 1. The summed E-state index contributed by atoms with van der Waals surface area (Å²) < 4.78 is 10.3. The fraction of sp³-hybridized carbons (Fsp3) is 0.304.